The Hall–Kier alpha value is -0.820. The van der Waals surface area contributed by atoms with Crippen LogP contribution in [0.2, 0.25) is 0 Å². The molecule has 1 heterocycles. The van der Waals surface area contributed by atoms with Crippen LogP contribution in [0.15, 0.2) is 11.9 Å². The first-order valence-electron chi connectivity index (χ1n) is 4.35. The Labute approximate surface area is 84.0 Å². The summed E-state index contributed by atoms with van der Waals surface area (Å²) in [4.78, 5) is 4.07. The van der Waals surface area contributed by atoms with Crippen LogP contribution in [0.4, 0.5) is 0 Å². The van der Waals surface area contributed by atoms with Crippen LogP contribution >= 0.6 is 11.8 Å². The first-order valence-corrected chi connectivity index (χ1v) is 5.50. The fraction of sp³-hybridized carbons (Fsp3) is 0.667. The third-order valence-corrected chi connectivity index (χ3v) is 2.79. The summed E-state index contributed by atoms with van der Waals surface area (Å²) in [6, 6.07) is 2.24. The zero-order chi connectivity index (χ0) is 9.68. The molecular formula is C9H15N3S. The Kier molecular flexibility index (Phi) is 3.97. The molecule has 1 fully saturated rings. The number of nitrogens with zero attached hydrogens (tertiary/aromatic N) is 3. The highest BCUT2D eigenvalue weighted by Gasteiger charge is 2.12. The Bertz CT molecular complexity index is 224. The van der Waals surface area contributed by atoms with Crippen molar-refractivity contribution in [2.24, 2.45) is 0 Å². The number of nitriles is 1. The van der Waals surface area contributed by atoms with Gasteiger partial charge in [-0.1, -0.05) is 0 Å². The fourth-order valence-electron chi connectivity index (χ4n) is 1.23. The molecule has 0 radical (unpaired) electrons. The normalized spacial score (nSPS) is 18.2. The summed E-state index contributed by atoms with van der Waals surface area (Å²) in [7, 11) is 3.88. The molecule has 0 aliphatic carbocycles. The van der Waals surface area contributed by atoms with E-state index in [1.165, 1.54) is 0 Å². The van der Waals surface area contributed by atoms with E-state index in [1.54, 1.807) is 0 Å². The second-order valence-electron chi connectivity index (χ2n) is 3.19. The van der Waals surface area contributed by atoms with Gasteiger partial charge in [-0.05, 0) is 0 Å². The van der Waals surface area contributed by atoms with Crippen molar-refractivity contribution in [2.75, 3.05) is 38.7 Å². The smallest absolute Gasteiger partial charge is 0.132 e. The van der Waals surface area contributed by atoms with Crippen LogP contribution in [-0.2, 0) is 0 Å². The van der Waals surface area contributed by atoms with E-state index in [4.69, 9.17) is 5.26 Å². The summed E-state index contributed by atoms with van der Waals surface area (Å²) < 4.78 is 0. The van der Waals surface area contributed by atoms with E-state index in [0.29, 0.717) is 0 Å². The molecule has 0 spiro atoms. The lowest BCUT2D eigenvalue weighted by atomic mass is 10.4. The third-order valence-electron chi connectivity index (χ3n) is 1.85. The molecule has 0 aromatic carbocycles. The lowest BCUT2D eigenvalue weighted by molar-refractivity contribution is 0.383. The lowest BCUT2D eigenvalue weighted by Gasteiger charge is -2.27. The second-order valence-corrected chi connectivity index (χ2v) is 4.41. The summed E-state index contributed by atoms with van der Waals surface area (Å²) in [5, 5.41) is 8.93. The highest BCUT2D eigenvalue weighted by Crippen LogP contribution is 2.13. The van der Waals surface area contributed by atoms with Gasteiger partial charge in [-0.3, -0.25) is 0 Å². The molecule has 0 bridgehead atoms. The van der Waals surface area contributed by atoms with Crippen LogP contribution in [0.3, 0.4) is 0 Å². The van der Waals surface area contributed by atoms with Gasteiger partial charge in [-0.25, -0.2) is 0 Å². The first-order chi connectivity index (χ1) is 6.24. The highest BCUT2D eigenvalue weighted by molar-refractivity contribution is 7.99. The van der Waals surface area contributed by atoms with Crippen molar-refractivity contribution in [2.45, 2.75) is 0 Å². The molecule has 4 heteroatoms. The summed E-state index contributed by atoms with van der Waals surface area (Å²) >= 11 is 1.95. The molecule has 13 heavy (non-hydrogen) atoms. The zero-order valence-corrected chi connectivity index (χ0v) is 8.97. The standard InChI is InChI=1S/C9H15N3S/c1-11(2)8-9(7-10)12-3-5-13-6-4-12/h8H,3-6H2,1-2H3. The molecule has 0 atom stereocenters. The van der Waals surface area contributed by atoms with Gasteiger partial charge in [0.15, 0.2) is 0 Å². The molecule has 0 unspecified atom stereocenters. The van der Waals surface area contributed by atoms with Crippen LogP contribution in [0.5, 0.6) is 0 Å². The molecule has 72 valence electrons. The van der Waals surface area contributed by atoms with Crippen molar-refractivity contribution in [3.63, 3.8) is 0 Å². The fourth-order valence-corrected chi connectivity index (χ4v) is 2.13. The third kappa shape index (κ3) is 3.19. The summed E-state index contributed by atoms with van der Waals surface area (Å²) in [6.45, 7) is 2.00. The van der Waals surface area contributed by atoms with Gasteiger partial charge < -0.3 is 9.80 Å². The molecule has 0 N–H and O–H groups in total. The number of rotatable bonds is 2. The molecular weight excluding hydrogens is 182 g/mol. The van der Waals surface area contributed by atoms with E-state index in [-0.39, 0.29) is 0 Å². The topological polar surface area (TPSA) is 30.3 Å². The predicted octanol–water partition coefficient (Wildman–Crippen LogP) is 0.962. The second kappa shape index (κ2) is 5.03. The van der Waals surface area contributed by atoms with Crippen molar-refractivity contribution in [3.05, 3.63) is 11.9 Å². The minimum atomic E-state index is 0.783. The van der Waals surface area contributed by atoms with Crippen LogP contribution < -0.4 is 0 Å². The van der Waals surface area contributed by atoms with Gasteiger partial charge in [0.25, 0.3) is 0 Å². The summed E-state index contributed by atoms with van der Waals surface area (Å²) in [5.41, 5.74) is 0.783. The van der Waals surface area contributed by atoms with Crippen molar-refractivity contribution < 1.29 is 0 Å². The lowest BCUT2D eigenvalue weighted by Crippen LogP contribution is -2.32. The van der Waals surface area contributed by atoms with Crippen molar-refractivity contribution in [3.8, 4) is 6.07 Å². The Morgan fingerprint density at radius 1 is 1.46 bits per heavy atom. The highest BCUT2D eigenvalue weighted by atomic mass is 32.2. The van der Waals surface area contributed by atoms with Crippen molar-refractivity contribution >= 4 is 11.8 Å². The molecule has 3 nitrogen and oxygen atoms in total. The predicted molar refractivity (Wildman–Crippen MR) is 56.3 cm³/mol. The van der Waals surface area contributed by atoms with Gasteiger partial charge in [-0.15, -0.1) is 0 Å². The molecule has 0 saturated carbocycles. The molecule has 1 aliphatic heterocycles. The number of hydrogen-bond acceptors (Lipinski definition) is 4. The van der Waals surface area contributed by atoms with E-state index in [2.05, 4.69) is 11.0 Å². The number of thioether (sulfide) groups is 1. The number of hydrogen-bond donors (Lipinski definition) is 0. The maximum atomic E-state index is 8.93. The molecule has 0 aromatic heterocycles. The van der Waals surface area contributed by atoms with Gasteiger partial charge in [-0.2, -0.15) is 17.0 Å². The van der Waals surface area contributed by atoms with Gasteiger partial charge >= 0.3 is 0 Å². The van der Waals surface area contributed by atoms with E-state index >= 15 is 0 Å². The van der Waals surface area contributed by atoms with Crippen LogP contribution in [-0.4, -0.2) is 48.5 Å². The maximum absolute atomic E-state index is 8.93. The maximum Gasteiger partial charge on any atom is 0.132 e. The van der Waals surface area contributed by atoms with E-state index in [1.807, 2.05) is 37.0 Å². The summed E-state index contributed by atoms with van der Waals surface area (Å²) in [5.74, 6) is 2.26. The van der Waals surface area contributed by atoms with E-state index in [0.717, 1.165) is 30.3 Å². The zero-order valence-electron chi connectivity index (χ0n) is 8.16. The van der Waals surface area contributed by atoms with E-state index in [9.17, 15) is 0 Å². The molecule has 0 amide bonds. The van der Waals surface area contributed by atoms with Gasteiger partial charge in [0, 0.05) is 44.9 Å². The first kappa shape index (κ1) is 10.3. The minimum Gasteiger partial charge on any atom is -0.381 e. The average Bonchev–Trinajstić information content (AvgIpc) is 2.15. The van der Waals surface area contributed by atoms with Crippen molar-refractivity contribution in [1.82, 2.24) is 9.80 Å². The Morgan fingerprint density at radius 3 is 2.54 bits per heavy atom. The summed E-state index contributed by atoms with van der Waals surface area (Å²) in [6.07, 6.45) is 1.88. The van der Waals surface area contributed by atoms with Gasteiger partial charge in [0.05, 0.1) is 0 Å². The SMILES string of the molecule is CN(C)C=C(C#N)N1CCSCC1. The van der Waals surface area contributed by atoms with Crippen LogP contribution in [0.25, 0.3) is 0 Å². The quantitative estimate of drug-likeness (QED) is 0.617. The van der Waals surface area contributed by atoms with Crippen molar-refractivity contribution in [1.29, 1.82) is 5.26 Å². The van der Waals surface area contributed by atoms with E-state index < -0.39 is 0 Å². The molecule has 1 rings (SSSR count). The van der Waals surface area contributed by atoms with Gasteiger partial charge in [0.1, 0.15) is 11.8 Å². The molecule has 0 aromatic rings. The largest absolute Gasteiger partial charge is 0.381 e. The minimum absolute atomic E-state index is 0.783. The van der Waals surface area contributed by atoms with Crippen LogP contribution in [0.1, 0.15) is 0 Å². The average molecular weight is 197 g/mol. The monoisotopic (exact) mass is 197 g/mol. The molecule has 1 aliphatic rings. The van der Waals surface area contributed by atoms with Gasteiger partial charge in [0.2, 0.25) is 0 Å². The number of allylic oxidation sites excluding steroid dienone is 1. The van der Waals surface area contributed by atoms with Crippen LogP contribution in [0, 0.1) is 11.3 Å². The Balaban J connectivity index is 2.60. The Morgan fingerprint density at radius 2 is 2.08 bits per heavy atom. The molecule has 1 saturated heterocycles.